The summed E-state index contributed by atoms with van der Waals surface area (Å²) in [6.07, 6.45) is 5.71. The molecule has 1 rings (SSSR count). The van der Waals surface area contributed by atoms with E-state index in [1.807, 2.05) is 0 Å². The third kappa shape index (κ3) is 3.33. The van der Waals surface area contributed by atoms with E-state index < -0.39 is 0 Å². The van der Waals surface area contributed by atoms with Gasteiger partial charge >= 0.3 is 68.2 Å². The second-order valence-corrected chi connectivity index (χ2v) is 3.28. The van der Waals surface area contributed by atoms with Gasteiger partial charge in [0.05, 0.1) is 0 Å². The van der Waals surface area contributed by atoms with E-state index in [-0.39, 0.29) is 24.8 Å². The van der Waals surface area contributed by atoms with Crippen LogP contribution in [0.15, 0.2) is 21.6 Å². The first-order valence-electron chi connectivity index (χ1n) is 3.38. The molecule has 0 saturated carbocycles. The largest absolute Gasteiger partial charge is 1.00 e. The second-order valence-electron chi connectivity index (χ2n) is 2.44. The van der Waals surface area contributed by atoms with Crippen molar-refractivity contribution >= 4 is 0 Å². The summed E-state index contributed by atoms with van der Waals surface area (Å²) >= 11 is 2.23. The smallest absolute Gasteiger partial charge is 1.00 e. The van der Waals surface area contributed by atoms with Gasteiger partial charge < -0.3 is 24.8 Å². The number of rotatable bonds is 1. The minimum atomic E-state index is 0. The molecule has 11 heavy (non-hydrogen) atoms. The van der Waals surface area contributed by atoms with Crippen LogP contribution in [0, 0.1) is 5.92 Å². The zero-order chi connectivity index (χ0) is 6.85. The Morgan fingerprint density at radius 1 is 1.45 bits per heavy atom. The Hall–Kier alpha value is 0.774. The fraction of sp³-hybridized carbons (Fsp3) is 0.500. The molecule has 3 heteroatoms. The summed E-state index contributed by atoms with van der Waals surface area (Å²) in [6, 6.07) is 0. The minimum absolute atomic E-state index is 0. The van der Waals surface area contributed by atoms with Gasteiger partial charge in [-0.3, -0.25) is 0 Å². The molecule has 0 saturated heterocycles. The molecule has 0 aromatic carbocycles. The van der Waals surface area contributed by atoms with Crippen molar-refractivity contribution in [2.45, 2.75) is 20.3 Å². The van der Waals surface area contributed by atoms with Crippen molar-refractivity contribution in [1.82, 2.24) is 0 Å². The third-order valence-electron chi connectivity index (χ3n) is 1.77. The second kappa shape index (κ2) is 6.31. The number of halogens is 2. The van der Waals surface area contributed by atoms with E-state index in [9.17, 15) is 0 Å². The van der Waals surface area contributed by atoms with Crippen molar-refractivity contribution in [3.63, 3.8) is 0 Å². The van der Waals surface area contributed by atoms with Crippen molar-refractivity contribution in [2.75, 3.05) is 0 Å². The molecule has 0 amide bonds. The SMILES string of the molecule is CCC1=[C]([Ti+2])C(C)C=C1.[Cl-].[Cl-]. The van der Waals surface area contributed by atoms with Crippen molar-refractivity contribution in [3.05, 3.63) is 21.6 Å². The van der Waals surface area contributed by atoms with Gasteiger partial charge in [-0.05, 0) is 0 Å². The van der Waals surface area contributed by atoms with Crippen LogP contribution in [0.2, 0.25) is 0 Å². The van der Waals surface area contributed by atoms with Crippen LogP contribution in [0.25, 0.3) is 0 Å². The van der Waals surface area contributed by atoms with Gasteiger partial charge in [0, 0.05) is 0 Å². The summed E-state index contributed by atoms with van der Waals surface area (Å²) in [4.78, 5) is 0. The number of hydrogen-bond donors (Lipinski definition) is 0. The van der Waals surface area contributed by atoms with Crippen LogP contribution in [0.1, 0.15) is 20.3 Å². The van der Waals surface area contributed by atoms with Crippen molar-refractivity contribution in [2.24, 2.45) is 5.92 Å². The van der Waals surface area contributed by atoms with Crippen molar-refractivity contribution < 1.29 is 45.2 Å². The van der Waals surface area contributed by atoms with Gasteiger partial charge in [-0.2, -0.15) is 0 Å². The number of hydrogen-bond acceptors (Lipinski definition) is 0. The third-order valence-corrected chi connectivity index (χ3v) is 2.98. The summed E-state index contributed by atoms with van der Waals surface area (Å²) in [5.41, 5.74) is 1.53. The molecular weight excluding hydrogens is 215 g/mol. The monoisotopic (exact) mass is 225 g/mol. The average Bonchev–Trinajstić information content (AvgIpc) is 2.15. The normalized spacial score (nSPS) is 21.3. The maximum absolute atomic E-state index is 2.27. The van der Waals surface area contributed by atoms with Crippen LogP contribution < -0.4 is 24.8 Å². The van der Waals surface area contributed by atoms with Gasteiger partial charge in [0.2, 0.25) is 0 Å². The Kier molecular flexibility index (Phi) is 8.20. The molecule has 0 N–H and O–H groups in total. The van der Waals surface area contributed by atoms with Gasteiger partial charge in [-0.25, -0.2) is 0 Å². The molecule has 1 aliphatic rings. The molecule has 0 fully saturated rings. The minimum Gasteiger partial charge on any atom is -1.00 e. The Morgan fingerprint density at radius 2 is 2.00 bits per heavy atom. The molecule has 1 atom stereocenters. The number of allylic oxidation sites excluding steroid dienone is 4. The van der Waals surface area contributed by atoms with Crippen LogP contribution in [0.5, 0.6) is 0 Å². The molecule has 0 heterocycles. The molecule has 0 bridgehead atoms. The van der Waals surface area contributed by atoms with E-state index in [4.69, 9.17) is 0 Å². The van der Waals surface area contributed by atoms with Crippen LogP contribution in [0.3, 0.4) is 0 Å². The molecule has 0 aromatic heterocycles. The average molecular weight is 226 g/mol. The van der Waals surface area contributed by atoms with Crippen molar-refractivity contribution in [1.29, 1.82) is 0 Å². The first kappa shape index (κ1) is 14.3. The Balaban J connectivity index is 0. The van der Waals surface area contributed by atoms with E-state index in [1.165, 1.54) is 12.0 Å². The van der Waals surface area contributed by atoms with Crippen LogP contribution in [-0.2, 0) is 20.4 Å². The van der Waals surface area contributed by atoms with Crippen LogP contribution >= 0.6 is 0 Å². The molecule has 0 radical (unpaired) electrons. The van der Waals surface area contributed by atoms with E-state index in [0.717, 1.165) is 0 Å². The summed E-state index contributed by atoms with van der Waals surface area (Å²) in [6.45, 7) is 4.45. The first-order valence-corrected chi connectivity index (χ1v) is 4.16. The Morgan fingerprint density at radius 3 is 2.18 bits per heavy atom. The van der Waals surface area contributed by atoms with E-state index in [0.29, 0.717) is 5.92 Å². The topological polar surface area (TPSA) is 0 Å². The molecular formula is C8H11Cl2Ti. The van der Waals surface area contributed by atoms with Gasteiger partial charge in [-0.1, -0.05) is 0 Å². The molecule has 0 nitrogen and oxygen atoms in total. The maximum Gasteiger partial charge on any atom is -1.00 e. The summed E-state index contributed by atoms with van der Waals surface area (Å²) < 4.78 is 1.55. The van der Waals surface area contributed by atoms with Crippen LogP contribution in [0.4, 0.5) is 0 Å². The van der Waals surface area contributed by atoms with Gasteiger partial charge in [0.25, 0.3) is 0 Å². The summed E-state index contributed by atoms with van der Waals surface area (Å²) in [5, 5.41) is 0. The standard InChI is InChI=1S/C8H11.2ClH.Ti/c1-3-8-5-4-7(2)6-8;;;/h4-5,7H,3H2,1-2H3;2*1H;/q;;;+2/p-2. The molecule has 1 unspecified atom stereocenters. The molecule has 0 aliphatic heterocycles. The maximum atomic E-state index is 2.27. The fourth-order valence-corrected chi connectivity index (χ4v) is 1.60. The quantitative estimate of drug-likeness (QED) is 0.405. The summed E-state index contributed by atoms with van der Waals surface area (Å²) in [5.74, 6) is 0.694. The molecule has 1 aliphatic carbocycles. The Labute approximate surface area is 92.7 Å². The summed E-state index contributed by atoms with van der Waals surface area (Å²) in [7, 11) is 0. The van der Waals surface area contributed by atoms with Gasteiger partial charge in [0.1, 0.15) is 0 Å². The van der Waals surface area contributed by atoms with E-state index in [2.05, 4.69) is 46.4 Å². The van der Waals surface area contributed by atoms with E-state index in [1.54, 1.807) is 3.88 Å². The van der Waals surface area contributed by atoms with Crippen LogP contribution in [-0.4, -0.2) is 0 Å². The van der Waals surface area contributed by atoms with Crippen molar-refractivity contribution in [3.8, 4) is 0 Å². The molecule has 0 aromatic rings. The van der Waals surface area contributed by atoms with E-state index >= 15 is 0 Å². The van der Waals surface area contributed by atoms with Gasteiger partial charge in [0.15, 0.2) is 0 Å². The van der Waals surface area contributed by atoms with Gasteiger partial charge in [-0.15, -0.1) is 0 Å². The zero-order valence-electron chi connectivity index (χ0n) is 6.70. The predicted molar refractivity (Wildman–Crippen MR) is 35.6 cm³/mol. The zero-order valence-corrected chi connectivity index (χ0v) is 9.77. The predicted octanol–water partition coefficient (Wildman–Crippen LogP) is -3.59. The fourth-order valence-electron chi connectivity index (χ4n) is 1.05. The molecule has 0 spiro atoms. The molecule has 61 valence electrons. The first-order chi connectivity index (χ1) is 4.25. The Bertz CT molecular complexity index is 173.